The molecule has 0 N–H and O–H groups in total. The normalized spacial score (nSPS) is 13.7. The lowest BCUT2D eigenvalue weighted by Gasteiger charge is -2.11. The van der Waals surface area contributed by atoms with E-state index in [-0.39, 0.29) is 0 Å². The maximum Gasteiger partial charge on any atom is 0.145 e. The Labute approximate surface area is 196 Å². The van der Waals surface area contributed by atoms with E-state index in [4.69, 9.17) is 7.16 Å². The molecular weight excluding hydrogens is 402 g/mol. The number of rotatable bonds is 3. The Bertz CT molecular complexity index is 1770. The van der Waals surface area contributed by atoms with Gasteiger partial charge >= 0.3 is 0 Å². The third-order valence-corrected chi connectivity index (χ3v) is 6.64. The Morgan fingerprint density at radius 2 is 1.58 bits per heavy atom. The van der Waals surface area contributed by atoms with Crippen molar-refractivity contribution in [2.24, 2.45) is 0 Å². The SMILES string of the molecule is [2H]C(C)(C)c1ccnc(-c2ccc(C([2H])(C)C)c3c2oc2cc4c(ccc5ccccc54)cc23)c1. The average Bonchev–Trinajstić information content (AvgIpc) is 3.19. The fourth-order valence-corrected chi connectivity index (χ4v) is 4.89. The van der Waals surface area contributed by atoms with Gasteiger partial charge in [0, 0.05) is 25.3 Å². The van der Waals surface area contributed by atoms with Crippen molar-refractivity contribution < 1.29 is 7.16 Å². The molecule has 0 aliphatic rings. The summed E-state index contributed by atoms with van der Waals surface area (Å²) in [4.78, 5) is 4.64. The monoisotopic (exact) mass is 431 g/mol. The first kappa shape index (κ1) is 17.9. The fourth-order valence-electron chi connectivity index (χ4n) is 4.89. The van der Waals surface area contributed by atoms with Crippen molar-refractivity contribution in [1.29, 1.82) is 0 Å². The summed E-state index contributed by atoms with van der Waals surface area (Å²) in [5.74, 6) is -1.53. The molecule has 6 aromatic rings. The first-order valence-electron chi connectivity index (χ1n) is 12.4. The smallest absolute Gasteiger partial charge is 0.145 e. The zero-order chi connectivity index (χ0) is 24.5. The number of aromatic nitrogens is 1. The van der Waals surface area contributed by atoms with Gasteiger partial charge in [0.1, 0.15) is 11.2 Å². The quantitative estimate of drug-likeness (QED) is 0.261. The molecule has 0 aliphatic heterocycles. The minimum atomic E-state index is -0.801. The lowest BCUT2D eigenvalue weighted by atomic mass is 9.92. The summed E-state index contributed by atoms with van der Waals surface area (Å²) in [6.45, 7) is 7.58. The van der Waals surface area contributed by atoms with Gasteiger partial charge in [0.15, 0.2) is 0 Å². The number of fused-ring (bicyclic) bond motifs is 6. The summed E-state index contributed by atoms with van der Waals surface area (Å²) in [7, 11) is 0. The zero-order valence-electron chi connectivity index (χ0n) is 21.4. The van der Waals surface area contributed by atoms with Gasteiger partial charge in [0.2, 0.25) is 0 Å². The van der Waals surface area contributed by atoms with Crippen LogP contribution in [0.25, 0.3) is 54.7 Å². The molecule has 2 aromatic heterocycles. The Morgan fingerprint density at radius 3 is 2.39 bits per heavy atom. The van der Waals surface area contributed by atoms with E-state index in [2.05, 4.69) is 53.5 Å². The summed E-state index contributed by atoms with van der Waals surface area (Å²) >= 11 is 0. The van der Waals surface area contributed by atoms with Gasteiger partial charge < -0.3 is 4.42 Å². The topological polar surface area (TPSA) is 26.0 Å². The highest BCUT2D eigenvalue weighted by Gasteiger charge is 2.19. The minimum Gasteiger partial charge on any atom is -0.455 e. The number of nitrogens with zero attached hydrogens (tertiary/aromatic N) is 1. The molecule has 0 atom stereocenters. The maximum absolute atomic E-state index is 8.85. The molecule has 2 nitrogen and oxygen atoms in total. The molecule has 33 heavy (non-hydrogen) atoms. The summed E-state index contributed by atoms with van der Waals surface area (Å²) < 4.78 is 23.9. The molecule has 0 saturated carbocycles. The van der Waals surface area contributed by atoms with E-state index in [0.29, 0.717) is 0 Å². The van der Waals surface area contributed by atoms with Gasteiger partial charge in [-0.05, 0) is 74.8 Å². The molecule has 2 heterocycles. The fraction of sp³-hybridized carbons (Fsp3) is 0.194. The Kier molecular flexibility index (Phi) is 4.03. The standard InChI is InChI=1S/C31H27NO/c1-18(2)21-13-14-32-28(16-21)25-12-11-23(19(3)4)30-27-15-22-10-9-20-7-5-6-8-24(20)26(22)17-29(27)33-31(25)30/h5-19H,1-4H3/i18D,19D. The van der Waals surface area contributed by atoms with Crippen molar-refractivity contribution >= 4 is 43.5 Å². The van der Waals surface area contributed by atoms with Gasteiger partial charge in [-0.25, -0.2) is 0 Å². The first-order chi connectivity index (χ1) is 16.6. The van der Waals surface area contributed by atoms with Crippen molar-refractivity contribution in [3.05, 3.63) is 90.1 Å². The van der Waals surface area contributed by atoms with Crippen LogP contribution in [-0.2, 0) is 0 Å². The van der Waals surface area contributed by atoms with Crippen LogP contribution in [0.4, 0.5) is 0 Å². The van der Waals surface area contributed by atoms with E-state index in [9.17, 15) is 0 Å². The van der Waals surface area contributed by atoms with Gasteiger partial charge in [-0.3, -0.25) is 4.98 Å². The predicted molar refractivity (Wildman–Crippen MR) is 140 cm³/mol. The van der Waals surface area contributed by atoms with Crippen molar-refractivity contribution in [1.82, 2.24) is 4.98 Å². The number of hydrogen-bond acceptors (Lipinski definition) is 2. The highest BCUT2D eigenvalue weighted by molar-refractivity contribution is 6.18. The minimum absolute atomic E-state index is 0.730. The average molecular weight is 432 g/mol. The molecule has 6 rings (SSSR count). The van der Waals surface area contributed by atoms with E-state index >= 15 is 0 Å². The predicted octanol–water partition coefficient (Wildman–Crippen LogP) is 9.20. The molecule has 4 aromatic carbocycles. The summed E-state index contributed by atoms with van der Waals surface area (Å²) in [6.07, 6.45) is 1.76. The molecule has 0 unspecified atom stereocenters. The molecule has 0 spiro atoms. The zero-order valence-corrected chi connectivity index (χ0v) is 19.4. The molecular formula is C31H27NO. The molecule has 162 valence electrons. The summed E-state index contributed by atoms with van der Waals surface area (Å²) in [5, 5.41) is 6.67. The van der Waals surface area contributed by atoms with E-state index in [0.717, 1.165) is 55.1 Å². The van der Waals surface area contributed by atoms with Crippen LogP contribution < -0.4 is 0 Å². The van der Waals surface area contributed by atoms with Crippen molar-refractivity contribution in [3.63, 3.8) is 0 Å². The number of pyridine rings is 1. The Balaban J connectivity index is 1.72. The van der Waals surface area contributed by atoms with Crippen molar-refractivity contribution in [3.8, 4) is 11.3 Å². The number of furan rings is 1. The van der Waals surface area contributed by atoms with Gasteiger partial charge in [0.05, 0.1) is 5.69 Å². The first-order valence-corrected chi connectivity index (χ1v) is 11.4. The number of benzene rings is 4. The second kappa shape index (κ2) is 7.45. The van der Waals surface area contributed by atoms with Crippen LogP contribution in [0.5, 0.6) is 0 Å². The molecule has 0 saturated heterocycles. The van der Waals surface area contributed by atoms with Crippen LogP contribution in [0.2, 0.25) is 0 Å². The van der Waals surface area contributed by atoms with E-state index in [1.807, 2.05) is 52.0 Å². The van der Waals surface area contributed by atoms with Crippen LogP contribution in [0.3, 0.4) is 0 Å². The Hall–Kier alpha value is -3.65. The van der Waals surface area contributed by atoms with Gasteiger partial charge in [-0.1, -0.05) is 70.2 Å². The second-order valence-electron chi connectivity index (χ2n) is 9.25. The molecule has 0 aliphatic carbocycles. The van der Waals surface area contributed by atoms with Gasteiger partial charge in [0.25, 0.3) is 0 Å². The van der Waals surface area contributed by atoms with Gasteiger partial charge in [-0.2, -0.15) is 0 Å². The largest absolute Gasteiger partial charge is 0.455 e. The highest BCUT2D eigenvalue weighted by atomic mass is 16.3. The third-order valence-electron chi connectivity index (χ3n) is 6.64. The van der Waals surface area contributed by atoms with Crippen molar-refractivity contribution in [2.45, 2.75) is 39.5 Å². The van der Waals surface area contributed by atoms with E-state index in [1.54, 1.807) is 6.20 Å². The lowest BCUT2D eigenvalue weighted by Crippen LogP contribution is -1.93. The molecule has 0 radical (unpaired) electrons. The summed E-state index contributed by atoms with van der Waals surface area (Å²) in [6, 6.07) is 25.0. The maximum atomic E-state index is 8.85. The van der Waals surface area contributed by atoms with Crippen molar-refractivity contribution in [2.75, 3.05) is 0 Å². The van der Waals surface area contributed by atoms with Crippen LogP contribution >= 0.6 is 0 Å². The molecule has 0 fully saturated rings. The summed E-state index contributed by atoms with van der Waals surface area (Å²) in [5.41, 5.74) is 5.02. The van der Waals surface area contributed by atoms with Crippen LogP contribution in [-0.4, -0.2) is 4.98 Å². The molecule has 0 bridgehead atoms. The molecule has 2 heteroatoms. The Morgan fingerprint density at radius 1 is 0.758 bits per heavy atom. The van der Waals surface area contributed by atoms with E-state index < -0.39 is 11.8 Å². The van der Waals surface area contributed by atoms with E-state index in [1.165, 1.54) is 10.8 Å². The lowest BCUT2D eigenvalue weighted by molar-refractivity contribution is 0.669. The highest BCUT2D eigenvalue weighted by Crippen LogP contribution is 2.42. The molecule has 0 amide bonds. The van der Waals surface area contributed by atoms with Crippen LogP contribution in [0, 0.1) is 0 Å². The van der Waals surface area contributed by atoms with Gasteiger partial charge in [-0.15, -0.1) is 0 Å². The van der Waals surface area contributed by atoms with Crippen LogP contribution in [0.15, 0.2) is 83.4 Å². The number of hydrogen-bond donors (Lipinski definition) is 0. The third kappa shape index (κ3) is 3.13. The second-order valence-corrected chi connectivity index (χ2v) is 9.25. The van der Waals surface area contributed by atoms with Crippen LogP contribution in [0.1, 0.15) is 53.4 Å².